The molecule has 1 aliphatic heterocycles. The van der Waals surface area contributed by atoms with Crippen LogP contribution in [0.15, 0.2) is 18.2 Å². The van der Waals surface area contributed by atoms with Gasteiger partial charge >= 0.3 is 5.97 Å². The van der Waals surface area contributed by atoms with E-state index in [2.05, 4.69) is 32.6 Å². The average molecular weight is 317 g/mol. The fourth-order valence-electron chi connectivity index (χ4n) is 4.00. The first kappa shape index (κ1) is 16.3. The van der Waals surface area contributed by atoms with Crippen LogP contribution in [0.5, 0.6) is 5.75 Å². The Hall–Kier alpha value is -1.55. The van der Waals surface area contributed by atoms with Crippen molar-refractivity contribution in [3.63, 3.8) is 0 Å². The minimum atomic E-state index is -0.227. The van der Waals surface area contributed by atoms with Gasteiger partial charge in [-0.25, -0.2) is 4.79 Å². The van der Waals surface area contributed by atoms with Gasteiger partial charge in [0.15, 0.2) is 0 Å². The summed E-state index contributed by atoms with van der Waals surface area (Å²) in [6, 6.07) is 6.14. The van der Waals surface area contributed by atoms with Gasteiger partial charge in [0.05, 0.1) is 5.56 Å². The van der Waals surface area contributed by atoms with Crippen LogP contribution in [-0.4, -0.2) is 36.1 Å². The topological polar surface area (TPSA) is 38.8 Å². The van der Waals surface area contributed by atoms with Gasteiger partial charge in [0.1, 0.15) is 18.5 Å². The molecule has 4 nitrogen and oxygen atoms in total. The average Bonchev–Trinajstić information content (AvgIpc) is 3.01. The number of benzene rings is 1. The first-order chi connectivity index (χ1) is 10.9. The van der Waals surface area contributed by atoms with Gasteiger partial charge in [-0.2, -0.15) is 0 Å². The Kier molecular flexibility index (Phi) is 4.37. The molecule has 1 heterocycles. The van der Waals surface area contributed by atoms with Crippen molar-refractivity contribution in [2.24, 2.45) is 5.41 Å². The first-order valence-corrected chi connectivity index (χ1v) is 8.64. The van der Waals surface area contributed by atoms with Crippen molar-refractivity contribution in [3.8, 4) is 5.75 Å². The van der Waals surface area contributed by atoms with E-state index in [9.17, 15) is 4.79 Å². The van der Waals surface area contributed by atoms with Crippen LogP contribution < -0.4 is 4.74 Å². The van der Waals surface area contributed by atoms with E-state index in [-0.39, 0.29) is 12.1 Å². The Morgan fingerprint density at radius 2 is 2.00 bits per heavy atom. The van der Waals surface area contributed by atoms with E-state index in [1.165, 1.54) is 0 Å². The Balaban J connectivity index is 1.79. The van der Waals surface area contributed by atoms with E-state index in [0.717, 1.165) is 37.2 Å². The van der Waals surface area contributed by atoms with Crippen LogP contribution in [0.1, 0.15) is 56.5 Å². The fraction of sp³-hybridized carbons (Fsp3) is 0.632. The highest BCUT2D eigenvalue weighted by Gasteiger charge is 2.43. The predicted molar refractivity (Wildman–Crippen MR) is 89.7 cm³/mol. The summed E-state index contributed by atoms with van der Waals surface area (Å²) in [4.78, 5) is 14.1. The molecule has 0 radical (unpaired) electrons. The summed E-state index contributed by atoms with van der Waals surface area (Å²) in [5.74, 6) is 0.622. The molecule has 0 N–H and O–H groups in total. The second-order valence-electron chi connectivity index (χ2n) is 7.41. The number of likely N-dealkylation sites (N-methyl/N-ethyl adjacent to an activating group) is 1. The summed E-state index contributed by atoms with van der Waals surface area (Å²) in [6.07, 6.45) is 2.41. The van der Waals surface area contributed by atoms with Gasteiger partial charge in [-0.05, 0) is 49.5 Å². The largest absolute Gasteiger partial charge is 0.489 e. The third-order valence-electron chi connectivity index (χ3n) is 5.17. The van der Waals surface area contributed by atoms with Crippen molar-refractivity contribution in [2.75, 3.05) is 13.1 Å². The molecule has 0 bridgehead atoms. The quantitative estimate of drug-likeness (QED) is 0.777. The van der Waals surface area contributed by atoms with Crippen LogP contribution >= 0.6 is 0 Å². The molecule has 1 aromatic carbocycles. The molecule has 1 aromatic rings. The summed E-state index contributed by atoms with van der Waals surface area (Å²) >= 11 is 0. The number of hydrogen-bond donors (Lipinski definition) is 0. The zero-order valence-electron chi connectivity index (χ0n) is 14.6. The van der Waals surface area contributed by atoms with E-state index >= 15 is 0 Å². The summed E-state index contributed by atoms with van der Waals surface area (Å²) in [5, 5.41) is 0. The zero-order valence-corrected chi connectivity index (χ0v) is 14.6. The second kappa shape index (κ2) is 6.16. The van der Waals surface area contributed by atoms with Crippen molar-refractivity contribution in [1.82, 2.24) is 4.90 Å². The minimum absolute atomic E-state index is 0.195. The van der Waals surface area contributed by atoms with Gasteiger partial charge in [-0.1, -0.05) is 27.7 Å². The monoisotopic (exact) mass is 317 g/mol. The SMILES string of the molecule is CCN(CC)C1CC(C)(C)CC1Oc1ccc2c(c1)COC2=O. The summed E-state index contributed by atoms with van der Waals surface area (Å²) in [6.45, 7) is 11.5. The maximum Gasteiger partial charge on any atom is 0.338 e. The van der Waals surface area contributed by atoms with Crippen LogP contribution in [0.3, 0.4) is 0 Å². The van der Waals surface area contributed by atoms with Gasteiger partial charge < -0.3 is 9.47 Å². The van der Waals surface area contributed by atoms with Gasteiger partial charge in [0.25, 0.3) is 0 Å². The molecule has 1 saturated carbocycles. The third kappa shape index (κ3) is 3.23. The maximum atomic E-state index is 11.6. The van der Waals surface area contributed by atoms with Crippen LogP contribution in [0.25, 0.3) is 0 Å². The normalized spacial score (nSPS) is 25.5. The molecular formula is C19H27NO3. The fourth-order valence-corrected chi connectivity index (χ4v) is 4.00. The van der Waals surface area contributed by atoms with Crippen LogP contribution in [0.2, 0.25) is 0 Å². The number of ether oxygens (including phenoxy) is 2. The maximum absolute atomic E-state index is 11.6. The third-order valence-corrected chi connectivity index (χ3v) is 5.17. The molecule has 0 saturated heterocycles. The van der Waals surface area contributed by atoms with Gasteiger partial charge in [0, 0.05) is 11.6 Å². The van der Waals surface area contributed by atoms with E-state index in [0.29, 0.717) is 23.6 Å². The molecule has 2 unspecified atom stereocenters. The number of cyclic esters (lactones) is 1. The zero-order chi connectivity index (χ0) is 16.6. The molecule has 2 atom stereocenters. The predicted octanol–water partition coefficient (Wildman–Crippen LogP) is 3.63. The standard InChI is InChI=1S/C19H27NO3/c1-5-20(6-2)16-10-19(3,4)11-17(16)23-14-7-8-15-13(9-14)12-22-18(15)21/h7-9,16-17H,5-6,10-12H2,1-4H3. The second-order valence-corrected chi connectivity index (χ2v) is 7.41. The smallest absolute Gasteiger partial charge is 0.338 e. The highest BCUT2D eigenvalue weighted by molar-refractivity contribution is 5.93. The highest BCUT2D eigenvalue weighted by atomic mass is 16.5. The number of nitrogens with zero attached hydrogens (tertiary/aromatic N) is 1. The number of fused-ring (bicyclic) bond motifs is 1. The van der Waals surface area contributed by atoms with Crippen molar-refractivity contribution in [3.05, 3.63) is 29.3 Å². The number of hydrogen-bond acceptors (Lipinski definition) is 4. The molecule has 3 rings (SSSR count). The van der Waals surface area contributed by atoms with Crippen LogP contribution in [0, 0.1) is 5.41 Å². The summed E-state index contributed by atoms with van der Waals surface area (Å²) < 4.78 is 11.4. The molecule has 1 fully saturated rings. The number of carbonyl (C=O) groups is 1. The molecule has 2 aliphatic rings. The Bertz CT molecular complexity index is 592. The lowest BCUT2D eigenvalue weighted by Crippen LogP contribution is -2.42. The van der Waals surface area contributed by atoms with Crippen molar-refractivity contribution in [1.29, 1.82) is 0 Å². The lowest BCUT2D eigenvalue weighted by molar-refractivity contribution is 0.0535. The van der Waals surface area contributed by atoms with Crippen molar-refractivity contribution >= 4 is 5.97 Å². The molecule has 126 valence electrons. The van der Waals surface area contributed by atoms with Crippen molar-refractivity contribution < 1.29 is 14.3 Å². The lowest BCUT2D eigenvalue weighted by Gasteiger charge is -2.31. The molecular weight excluding hydrogens is 290 g/mol. The molecule has 1 aliphatic carbocycles. The lowest BCUT2D eigenvalue weighted by atomic mass is 9.91. The van der Waals surface area contributed by atoms with E-state index in [1.54, 1.807) is 0 Å². The summed E-state index contributed by atoms with van der Waals surface area (Å²) in [5.41, 5.74) is 1.90. The number of carbonyl (C=O) groups excluding carboxylic acids is 1. The molecule has 0 spiro atoms. The Morgan fingerprint density at radius 1 is 1.26 bits per heavy atom. The van der Waals surface area contributed by atoms with Crippen LogP contribution in [-0.2, 0) is 11.3 Å². The van der Waals surface area contributed by atoms with Gasteiger partial charge in [-0.3, -0.25) is 4.90 Å². The highest BCUT2D eigenvalue weighted by Crippen LogP contribution is 2.41. The molecule has 0 aromatic heterocycles. The van der Waals surface area contributed by atoms with Gasteiger partial charge in [-0.15, -0.1) is 0 Å². The Labute approximate surface area is 138 Å². The molecule has 0 amide bonds. The molecule has 4 heteroatoms. The van der Waals surface area contributed by atoms with E-state index in [4.69, 9.17) is 9.47 Å². The van der Waals surface area contributed by atoms with E-state index < -0.39 is 0 Å². The first-order valence-electron chi connectivity index (χ1n) is 8.64. The number of rotatable bonds is 5. The van der Waals surface area contributed by atoms with Crippen LogP contribution in [0.4, 0.5) is 0 Å². The molecule has 23 heavy (non-hydrogen) atoms. The van der Waals surface area contributed by atoms with Crippen molar-refractivity contribution in [2.45, 2.75) is 59.3 Å². The minimum Gasteiger partial charge on any atom is -0.489 e. The van der Waals surface area contributed by atoms with E-state index in [1.807, 2.05) is 18.2 Å². The number of esters is 1. The Morgan fingerprint density at radius 3 is 2.70 bits per heavy atom. The summed E-state index contributed by atoms with van der Waals surface area (Å²) in [7, 11) is 0. The van der Waals surface area contributed by atoms with Gasteiger partial charge in [0.2, 0.25) is 0 Å².